The van der Waals surface area contributed by atoms with E-state index >= 15 is 0 Å². The SMILES string of the molecule is COc1ccc(Br)cc1C(=O)NN=Cc1cccn1-c1ccc(O)cc1. The third kappa shape index (κ3) is 3.94. The Balaban J connectivity index is 1.76. The number of benzene rings is 2. The number of amides is 1. The number of phenols is 1. The smallest absolute Gasteiger partial charge is 0.275 e. The molecule has 0 radical (unpaired) electrons. The summed E-state index contributed by atoms with van der Waals surface area (Å²) in [7, 11) is 1.51. The molecule has 0 atom stereocenters. The number of hydrazone groups is 1. The number of rotatable bonds is 5. The molecule has 26 heavy (non-hydrogen) atoms. The molecule has 0 aliphatic heterocycles. The van der Waals surface area contributed by atoms with Crippen LogP contribution in [0.15, 0.2) is 70.4 Å². The van der Waals surface area contributed by atoms with Crippen LogP contribution < -0.4 is 10.2 Å². The molecule has 0 aliphatic rings. The number of carbonyl (C=O) groups excluding carboxylic acids is 1. The summed E-state index contributed by atoms with van der Waals surface area (Å²) in [4.78, 5) is 12.3. The average Bonchev–Trinajstić information content (AvgIpc) is 3.10. The predicted octanol–water partition coefficient (Wildman–Crippen LogP) is 3.72. The van der Waals surface area contributed by atoms with Crippen LogP contribution in [0, 0.1) is 0 Å². The highest BCUT2D eigenvalue weighted by molar-refractivity contribution is 9.10. The molecule has 1 aromatic heterocycles. The first-order valence-electron chi connectivity index (χ1n) is 7.72. The highest BCUT2D eigenvalue weighted by Gasteiger charge is 2.12. The normalized spacial score (nSPS) is 10.8. The number of ether oxygens (including phenoxy) is 1. The monoisotopic (exact) mass is 413 g/mol. The molecule has 0 fully saturated rings. The first kappa shape index (κ1) is 17.8. The van der Waals surface area contributed by atoms with Crippen LogP contribution in [0.4, 0.5) is 0 Å². The number of hydrogen-bond donors (Lipinski definition) is 2. The molecule has 0 saturated heterocycles. The largest absolute Gasteiger partial charge is 0.508 e. The summed E-state index contributed by atoms with van der Waals surface area (Å²) in [5.41, 5.74) is 4.53. The molecule has 2 N–H and O–H groups in total. The van der Waals surface area contributed by atoms with Crippen LogP contribution in [-0.2, 0) is 0 Å². The standard InChI is InChI=1S/C19H16BrN3O3/c1-26-18-9-4-13(20)11-17(18)19(25)22-21-12-15-3-2-10-23(15)14-5-7-16(24)8-6-14/h2-12,24H,1H3,(H,22,25). The Labute approximate surface area is 158 Å². The third-order valence-corrected chi connectivity index (χ3v) is 4.17. The average molecular weight is 414 g/mol. The van der Waals surface area contributed by atoms with Gasteiger partial charge in [0, 0.05) is 16.4 Å². The molecular formula is C19H16BrN3O3. The minimum atomic E-state index is -0.373. The summed E-state index contributed by atoms with van der Waals surface area (Å²) < 4.78 is 7.86. The molecule has 7 heteroatoms. The lowest BCUT2D eigenvalue weighted by Crippen LogP contribution is -2.18. The predicted molar refractivity (Wildman–Crippen MR) is 103 cm³/mol. The van der Waals surface area contributed by atoms with Crippen LogP contribution in [0.1, 0.15) is 16.1 Å². The van der Waals surface area contributed by atoms with Gasteiger partial charge in [-0.2, -0.15) is 5.10 Å². The fraction of sp³-hybridized carbons (Fsp3) is 0.0526. The number of nitrogens with one attached hydrogen (secondary N) is 1. The highest BCUT2D eigenvalue weighted by atomic mass is 79.9. The van der Waals surface area contributed by atoms with E-state index in [1.807, 2.05) is 22.9 Å². The number of carbonyl (C=O) groups is 1. The van der Waals surface area contributed by atoms with Crippen molar-refractivity contribution < 1.29 is 14.6 Å². The van der Waals surface area contributed by atoms with Crippen molar-refractivity contribution in [2.24, 2.45) is 5.10 Å². The van der Waals surface area contributed by atoms with E-state index in [1.54, 1.807) is 48.7 Å². The lowest BCUT2D eigenvalue weighted by molar-refractivity contribution is 0.0952. The maximum atomic E-state index is 12.3. The van der Waals surface area contributed by atoms with Gasteiger partial charge in [0.05, 0.1) is 24.6 Å². The summed E-state index contributed by atoms with van der Waals surface area (Å²) in [6, 6.07) is 15.7. The number of methoxy groups -OCH3 is 1. The zero-order valence-electron chi connectivity index (χ0n) is 13.9. The number of aromatic hydroxyl groups is 1. The lowest BCUT2D eigenvalue weighted by Gasteiger charge is -2.08. The Kier molecular flexibility index (Phi) is 5.38. The fourth-order valence-corrected chi connectivity index (χ4v) is 2.78. The van der Waals surface area contributed by atoms with Gasteiger partial charge in [-0.15, -0.1) is 0 Å². The number of hydrogen-bond acceptors (Lipinski definition) is 4. The molecule has 3 rings (SSSR count). The van der Waals surface area contributed by atoms with Crippen molar-refractivity contribution in [2.45, 2.75) is 0 Å². The summed E-state index contributed by atoms with van der Waals surface area (Å²) in [5.74, 6) is 0.293. The Hall–Kier alpha value is -3.06. The summed E-state index contributed by atoms with van der Waals surface area (Å²) in [6.45, 7) is 0. The maximum Gasteiger partial charge on any atom is 0.275 e. The minimum absolute atomic E-state index is 0.200. The van der Waals surface area contributed by atoms with Crippen molar-refractivity contribution in [1.82, 2.24) is 9.99 Å². The Bertz CT molecular complexity index is 949. The quantitative estimate of drug-likeness (QED) is 0.494. The van der Waals surface area contributed by atoms with Gasteiger partial charge in [-0.3, -0.25) is 4.79 Å². The Morgan fingerprint density at radius 3 is 2.73 bits per heavy atom. The van der Waals surface area contributed by atoms with E-state index in [9.17, 15) is 9.90 Å². The molecule has 1 amide bonds. The van der Waals surface area contributed by atoms with Gasteiger partial charge in [0.25, 0.3) is 5.91 Å². The molecular weight excluding hydrogens is 398 g/mol. The van der Waals surface area contributed by atoms with E-state index in [4.69, 9.17) is 4.74 Å². The molecule has 2 aromatic carbocycles. The van der Waals surface area contributed by atoms with Gasteiger partial charge in [0.1, 0.15) is 11.5 Å². The second-order valence-electron chi connectivity index (χ2n) is 5.36. The molecule has 3 aromatic rings. The van der Waals surface area contributed by atoms with Gasteiger partial charge in [-0.25, -0.2) is 5.43 Å². The number of aromatic nitrogens is 1. The van der Waals surface area contributed by atoms with Gasteiger partial charge < -0.3 is 14.4 Å². The maximum absolute atomic E-state index is 12.3. The van der Waals surface area contributed by atoms with E-state index in [-0.39, 0.29) is 11.7 Å². The molecule has 1 heterocycles. The minimum Gasteiger partial charge on any atom is -0.508 e. The lowest BCUT2D eigenvalue weighted by atomic mass is 10.2. The molecule has 132 valence electrons. The van der Waals surface area contributed by atoms with Crippen molar-refractivity contribution in [1.29, 1.82) is 0 Å². The third-order valence-electron chi connectivity index (χ3n) is 3.68. The van der Waals surface area contributed by atoms with Crippen molar-refractivity contribution in [3.8, 4) is 17.2 Å². The van der Waals surface area contributed by atoms with Gasteiger partial charge in [-0.05, 0) is 54.6 Å². The van der Waals surface area contributed by atoms with E-state index in [2.05, 4.69) is 26.5 Å². The van der Waals surface area contributed by atoms with Crippen molar-refractivity contribution in [3.05, 3.63) is 76.5 Å². The van der Waals surface area contributed by atoms with Crippen LogP contribution in [0.3, 0.4) is 0 Å². The van der Waals surface area contributed by atoms with Crippen LogP contribution in [0.5, 0.6) is 11.5 Å². The van der Waals surface area contributed by atoms with E-state index < -0.39 is 0 Å². The summed E-state index contributed by atoms with van der Waals surface area (Å²) in [6.07, 6.45) is 3.42. The van der Waals surface area contributed by atoms with Crippen molar-refractivity contribution in [3.63, 3.8) is 0 Å². The number of halogens is 1. The zero-order valence-corrected chi connectivity index (χ0v) is 15.5. The second kappa shape index (κ2) is 7.88. The molecule has 0 aliphatic carbocycles. The van der Waals surface area contributed by atoms with Crippen LogP contribution >= 0.6 is 15.9 Å². The van der Waals surface area contributed by atoms with E-state index in [1.165, 1.54) is 7.11 Å². The Morgan fingerprint density at radius 1 is 1.23 bits per heavy atom. The molecule has 0 unspecified atom stereocenters. The molecule has 0 saturated carbocycles. The van der Waals surface area contributed by atoms with Crippen molar-refractivity contribution >= 4 is 28.1 Å². The van der Waals surface area contributed by atoms with Crippen LogP contribution in [-0.4, -0.2) is 28.9 Å². The highest BCUT2D eigenvalue weighted by Crippen LogP contribution is 2.22. The van der Waals surface area contributed by atoms with Gasteiger partial charge in [0.15, 0.2) is 0 Å². The van der Waals surface area contributed by atoms with Gasteiger partial charge >= 0.3 is 0 Å². The van der Waals surface area contributed by atoms with Gasteiger partial charge in [-0.1, -0.05) is 15.9 Å². The molecule has 0 bridgehead atoms. The molecule has 0 spiro atoms. The van der Waals surface area contributed by atoms with Crippen molar-refractivity contribution in [2.75, 3.05) is 7.11 Å². The van der Waals surface area contributed by atoms with E-state index in [0.29, 0.717) is 11.3 Å². The molecule has 6 nitrogen and oxygen atoms in total. The van der Waals surface area contributed by atoms with Crippen LogP contribution in [0.2, 0.25) is 0 Å². The first-order valence-corrected chi connectivity index (χ1v) is 8.51. The number of nitrogens with zero attached hydrogens (tertiary/aromatic N) is 2. The van der Waals surface area contributed by atoms with Crippen LogP contribution in [0.25, 0.3) is 5.69 Å². The Morgan fingerprint density at radius 2 is 2.00 bits per heavy atom. The second-order valence-corrected chi connectivity index (χ2v) is 6.28. The van der Waals surface area contributed by atoms with E-state index in [0.717, 1.165) is 15.9 Å². The first-order chi connectivity index (χ1) is 12.6. The fourth-order valence-electron chi connectivity index (χ4n) is 2.42. The van der Waals surface area contributed by atoms with Gasteiger partial charge in [0.2, 0.25) is 0 Å². The summed E-state index contributed by atoms with van der Waals surface area (Å²) in [5, 5.41) is 13.4. The topological polar surface area (TPSA) is 75.8 Å². The number of phenolic OH excluding ortho intramolecular Hbond substituents is 1. The zero-order chi connectivity index (χ0) is 18.5. The summed E-state index contributed by atoms with van der Waals surface area (Å²) >= 11 is 3.34.